The minimum absolute atomic E-state index is 0.0592. The van der Waals surface area contributed by atoms with Crippen molar-refractivity contribution in [1.29, 1.82) is 0 Å². The molecule has 0 radical (unpaired) electrons. The predicted octanol–water partition coefficient (Wildman–Crippen LogP) is 1.85. The first-order valence-corrected chi connectivity index (χ1v) is 8.71. The molecule has 1 saturated heterocycles. The van der Waals surface area contributed by atoms with Gasteiger partial charge in [0.2, 0.25) is 5.88 Å². The monoisotopic (exact) mass is 372 g/mol. The molecule has 2 heterocycles. The molecule has 1 amide bonds. The second-order valence-corrected chi connectivity index (χ2v) is 6.47. The van der Waals surface area contributed by atoms with Gasteiger partial charge in [-0.05, 0) is 24.3 Å². The van der Waals surface area contributed by atoms with Crippen molar-refractivity contribution >= 4 is 11.7 Å². The number of anilines is 1. The second-order valence-electron chi connectivity index (χ2n) is 6.47. The molecule has 1 aliphatic heterocycles. The third-order valence-corrected chi connectivity index (χ3v) is 4.43. The summed E-state index contributed by atoms with van der Waals surface area (Å²) in [6.45, 7) is 1.13. The van der Waals surface area contributed by atoms with Crippen LogP contribution >= 0.6 is 0 Å². The van der Waals surface area contributed by atoms with Gasteiger partial charge in [0, 0.05) is 38.7 Å². The van der Waals surface area contributed by atoms with Gasteiger partial charge in [-0.25, -0.2) is 0 Å². The number of rotatable bonds is 6. The fourth-order valence-corrected chi connectivity index (χ4v) is 2.95. The number of nitrogens with zero attached hydrogens (tertiary/aromatic N) is 4. The summed E-state index contributed by atoms with van der Waals surface area (Å²) in [6.07, 6.45) is 0.643. The van der Waals surface area contributed by atoms with Gasteiger partial charge >= 0.3 is 0 Å². The second kappa shape index (κ2) is 8.11. The van der Waals surface area contributed by atoms with Crippen molar-refractivity contribution in [2.45, 2.75) is 12.5 Å². The first-order chi connectivity index (χ1) is 13.0. The van der Waals surface area contributed by atoms with Gasteiger partial charge in [0.05, 0.1) is 20.8 Å². The molecular formula is C19H24N4O4. The lowest BCUT2D eigenvalue weighted by Gasteiger charge is -2.18. The topological polar surface area (TPSA) is 77.0 Å². The molecule has 1 aromatic carbocycles. The summed E-state index contributed by atoms with van der Waals surface area (Å²) in [5.41, 5.74) is 0.559. The highest BCUT2D eigenvalue weighted by atomic mass is 16.5. The highest BCUT2D eigenvalue weighted by Crippen LogP contribution is 2.28. The lowest BCUT2D eigenvalue weighted by Crippen LogP contribution is -2.31. The van der Waals surface area contributed by atoms with Crippen LogP contribution in [-0.4, -0.2) is 68.5 Å². The third kappa shape index (κ3) is 4.21. The Hall–Kier alpha value is -3.03. The van der Waals surface area contributed by atoms with Gasteiger partial charge in [0.1, 0.15) is 6.10 Å². The molecule has 8 heteroatoms. The van der Waals surface area contributed by atoms with Gasteiger partial charge in [0.15, 0.2) is 17.3 Å². The van der Waals surface area contributed by atoms with E-state index in [9.17, 15) is 4.79 Å². The summed E-state index contributed by atoms with van der Waals surface area (Å²) in [6, 6.07) is 8.81. The van der Waals surface area contributed by atoms with E-state index in [1.54, 1.807) is 43.4 Å². The average Bonchev–Trinajstić information content (AvgIpc) is 3.15. The SMILES string of the molecule is COc1ccc(C(=O)N2CCC(Oc3ccc(N(C)C)nn3)C2)cc1OC. The van der Waals surface area contributed by atoms with E-state index in [2.05, 4.69) is 10.2 Å². The highest BCUT2D eigenvalue weighted by Gasteiger charge is 2.29. The molecule has 0 saturated carbocycles. The molecule has 1 unspecified atom stereocenters. The van der Waals surface area contributed by atoms with Crippen molar-refractivity contribution in [3.05, 3.63) is 35.9 Å². The summed E-state index contributed by atoms with van der Waals surface area (Å²) < 4.78 is 16.4. The molecule has 0 bridgehead atoms. The average molecular weight is 372 g/mol. The maximum Gasteiger partial charge on any atom is 0.254 e. The molecule has 2 aromatic rings. The van der Waals surface area contributed by atoms with Crippen molar-refractivity contribution in [1.82, 2.24) is 15.1 Å². The molecule has 1 fully saturated rings. The van der Waals surface area contributed by atoms with Gasteiger partial charge in [0.25, 0.3) is 5.91 Å². The summed E-state index contributed by atoms with van der Waals surface area (Å²) in [5.74, 6) is 2.30. The predicted molar refractivity (Wildman–Crippen MR) is 101 cm³/mol. The lowest BCUT2D eigenvalue weighted by molar-refractivity contribution is 0.0770. The van der Waals surface area contributed by atoms with Crippen LogP contribution in [0.1, 0.15) is 16.8 Å². The molecule has 0 spiro atoms. The normalized spacial score (nSPS) is 16.1. The Morgan fingerprint density at radius 1 is 1.11 bits per heavy atom. The van der Waals surface area contributed by atoms with Crippen molar-refractivity contribution in [3.63, 3.8) is 0 Å². The number of hydrogen-bond acceptors (Lipinski definition) is 7. The molecule has 27 heavy (non-hydrogen) atoms. The zero-order chi connectivity index (χ0) is 19.4. The van der Waals surface area contributed by atoms with Crippen LogP contribution in [-0.2, 0) is 0 Å². The summed E-state index contributed by atoms with van der Waals surface area (Å²) >= 11 is 0. The summed E-state index contributed by atoms with van der Waals surface area (Å²) in [7, 11) is 6.92. The molecule has 8 nitrogen and oxygen atoms in total. The van der Waals surface area contributed by atoms with E-state index in [1.165, 1.54) is 0 Å². The van der Waals surface area contributed by atoms with E-state index < -0.39 is 0 Å². The molecule has 1 atom stereocenters. The number of carbonyl (C=O) groups excluding carboxylic acids is 1. The van der Waals surface area contributed by atoms with Crippen LogP contribution in [0.5, 0.6) is 17.4 Å². The first kappa shape index (κ1) is 18.8. The number of methoxy groups -OCH3 is 2. The Morgan fingerprint density at radius 3 is 2.52 bits per heavy atom. The highest BCUT2D eigenvalue weighted by molar-refractivity contribution is 5.95. The molecule has 0 aliphatic carbocycles. The lowest BCUT2D eigenvalue weighted by atomic mass is 10.1. The Labute approximate surface area is 158 Å². The van der Waals surface area contributed by atoms with Crippen LogP contribution in [0, 0.1) is 0 Å². The number of amides is 1. The zero-order valence-corrected chi connectivity index (χ0v) is 16.0. The first-order valence-electron chi connectivity index (χ1n) is 8.71. The Balaban J connectivity index is 1.62. The van der Waals surface area contributed by atoms with Crippen LogP contribution in [0.4, 0.5) is 5.82 Å². The molecular weight excluding hydrogens is 348 g/mol. The number of aromatic nitrogens is 2. The fourth-order valence-electron chi connectivity index (χ4n) is 2.95. The van der Waals surface area contributed by atoms with Crippen LogP contribution in [0.15, 0.2) is 30.3 Å². The Kier molecular flexibility index (Phi) is 5.63. The van der Waals surface area contributed by atoms with E-state index in [4.69, 9.17) is 14.2 Å². The minimum atomic E-state index is -0.103. The molecule has 144 valence electrons. The number of hydrogen-bond donors (Lipinski definition) is 0. The van der Waals surface area contributed by atoms with E-state index >= 15 is 0 Å². The quantitative estimate of drug-likeness (QED) is 0.766. The summed E-state index contributed by atoms with van der Waals surface area (Å²) in [4.78, 5) is 16.4. The van der Waals surface area contributed by atoms with Gasteiger partial charge in [-0.15, -0.1) is 10.2 Å². The number of benzene rings is 1. The minimum Gasteiger partial charge on any atom is -0.493 e. The van der Waals surface area contributed by atoms with Crippen molar-refractivity contribution < 1.29 is 19.0 Å². The maximum absolute atomic E-state index is 12.8. The van der Waals surface area contributed by atoms with Crippen LogP contribution < -0.4 is 19.1 Å². The number of likely N-dealkylation sites (tertiary alicyclic amines) is 1. The van der Waals surface area contributed by atoms with Gasteiger partial charge in [-0.3, -0.25) is 4.79 Å². The molecule has 1 aromatic heterocycles. The van der Waals surface area contributed by atoms with Crippen LogP contribution in [0.25, 0.3) is 0 Å². The summed E-state index contributed by atoms with van der Waals surface area (Å²) in [5, 5.41) is 8.19. The van der Waals surface area contributed by atoms with Crippen LogP contribution in [0.2, 0.25) is 0 Å². The van der Waals surface area contributed by atoms with Gasteiger partial charge < -0.3 is 24.0 Å². The fraction of sp³-hybridized carbons (Fsp3) is 0.421. The molecule has 0 N–H and O–H groups in total. The Morgan fingerprint density at radius 2 is 1.89 bits per heavy atom. The number of ether oxygens (including phenoxy) is 3. The van der Waals surface area contributed by atoms with E-state index in [0.717, 1.165) is 12.2 Å². The van der Waals surface area contributed by atoms with Crippen molar-refractivity contribution in [3.8, 4) is 17.4 Å². The van der Waals surface area contributed by atoms with E-state index in [0.29, 0.717) is 36.0 Å². The smallest absolute Gasteiger partial charge is 0.254 e. The number of carbonyl (C=O) groups is 1. The Bertz CT molecular complexity index is 795. The molecule has 3 rings (SSSR count). The van der Waals surface area contributed by atoms with E-state index in [1.807, 2.05) is 25.1 Å². The van der Waals surface area contributed by atoms with Crippen molar-refractivity contribution in [2.75, 3.05) is 46.3 Å². The van der Waals surface area contributed by atoms with Crippen molar-refractivity contribution in [2.24, 2.45) is 0 Å². The maximum atomic E-state index is 12.8. The standard InChI is InChI=1S/C19H24N4O4/c1-22(2)17-7-8-18(21-20-17)27-14-9-10-23(12-14)19(24)13-5-6-15(25-3)16(11-13)26-4/h5-8,11,14H,9-10,12H2,1-4H3. The van der Waals surface area contributed by atoms with Gasteiger partial charge in [-0.2, -0.15) is 0 Å². The van der Waals surface area contributed by atoms with E-state index in [-0.39, 0.29) is 12.0 Å². The van der Waals surface area contributed by atoms with Gasteiger partial charge in [-0.1, -0.05) is 0 Å². The molecule has 1 aliphatic rings. The third-order valence-electron chi connectivity index (χ3n) is 4.43. The largest absolute Gasteiger partial charge is 0.493 e. The zero-order valence-electron chi connectivity index (χ0n) is 16.0. The van der Waals surface area contributed by atoms with Crippen LogP contribution in [0.3, 0.4) is 0 Å².